The standard InChI is InChI=1S/C18H17ClN2OS2/c1-12-6-8-13(9-7-12)23-11-10-16(22)20-18-21(2)17-14(19)4-3-5-15(17)24-18/h3-9H,10-11H2,1-2H3. The van der Waals surface area contributed by atoms with Gasteiger partial charge < -0.3 is 4.57 Å². The van der Waals surface area contributed by atoms with Crippen LogP contribution in [0, 0.1) is 6.92 Å². The number of thioether (sulfide) groups is 1. The van der Waals surface area contributed by atoms with Crippen LogP contribution < -0.4 is 4.80 Å². The average molecular weight is 377 g/mol. The second-order valence-corrected chi connectivity index (χ2v) is 8.03. The minimum Gasteiger partial charge on any atom is -0.318 e. The van der Waals surface area contributed by atoms with E-state index in [0.29, 0.717) is 16.2 Å². The summed E-state index contributed by atoms with van der Waals surface area (Å²) in [6, 6.07) is 14.1. The molecule has 124 valence electrons. The summed E-state index contributed by atoms with van der Waals surface area (Å²) in [5.41, 5.74) is 2.16. The number of nitrogens with zero attached hydrogens (tertiary/aromatic N) is 2. The Hall–Kier alpha value is -1.56. The van der Waals surface area contributed by atoms with Gasteiger partial charge in [0.05, 0.1) is 15.2 Å². The molecule has 0 saturated heterocycles. The number of carbonyl (C=O) groups excluding carboxylic acids is 1. The van der Waals surface area contributed by atoms with Crippen molar-refractivity contribution in [3.8, 4) is 0 Å². The van der Waals surface area contributed by atoms with E-state index in [1.807, 2.05) is 29.8 Å². The summed E-state index contributed by atoms with van der Waals surface area (Å²) in [6.45, 7) is 2.06. The van der Waals surface area contributed by atoms with Crippen molar-refractivity contribution in [1.29, 1.82) is 0 Å². The zero-order valence-corrected chi connectivity index (χ0v) is 15.8. The molecule has 2 aromatic carbocycles. The van der Waals surface area contributed by atoms with Crippen LogP contribution in [0.5, 0.6) is 0 Å². The van der Waals surface area contributed by atoms with Crippen molar-refractivity contribution in [3.05, 3.63) is 57.9 Å². The molecule has 0 radical (unpaired) electrons. The number of amides is 1. The summed E-state index contributed by atoms with van der Waals surface area (Å²) in [6.07, 6.45) is 0.417. The highest BCUT2D eigenvalue weighted by Gasteiger charge is 2.08. The molecule has 6 heteroatoms. The van der Waals surface area contributed by atoms with E-state index in [0.717, 1.165) is 16.0 Å². The fourth-order valence-electron chi connectivity index (χ4n) is 2.32. The number of rotatable bonds is 4. The molecule has 0 unspecified atom stereocenters. The zero-order valence-electron chi connectivity index (χ0n) is 13.5. The highest BCUT2D eigenvalue weighted by atomic mass is 35.5. The van der Waals surface area contributed by atoms with Crippen LogP contribution in [0.2, 0.25) is 5.02 Å². The van der Waals surface area contributed by atoms with Crippen molar-refractivity contribution in [2.75, 3.05) is 5.75 Å². The molecule has 3 nitrogen and oxygen atoms in total. The lowest BCUT2D eigenvalue weighted by Gasteiger charge is -2.00. The summed E-state index contributed by atoms with van der Waals surface area (Å²) in [7, 11) is 1.89. The molecule has 0 aliphatic heterocycles. The summed E-state index contributed by atoms with van der Waals surface area (Å²) >= 11 is 9.39. The second kappa shape index (κ2) is 7.55. The Morgan fingerprint density at radius 1 is 1.25 bits per heavy atom. The first kappa shape index (κ1) is 17.3. The summed E-state index contributed by atoms with van der Waals surface area (Å²) < 4.78 is 2.92. The predicted octanol–water partition coefficient (Wildman–Crippen LogP) is 4.81. The number of carbonyl (C=O) groups is 1. The van der Waals surface area contributed by atoms with Gasteiger partial charge in [-0.05, 0) is 31.2 Å². The predicted molar refractivity (Wildman–Crippen MR) is 103 cm³/mol. The van der Waals surface area contributed by atoms with E-state index in [9.17, 15) is 4.79 Å². The molecule has 0 spiro atoms. The number of aromatic nitrogens is 1. The van der Waals surface area contributed by atoms with Gasteiger partial charge in [-0.3, -0.25) is 4.79 Å². The summed E-state index contributed by atoms with van der Waals surface area (Å²) in [5, 5.41) is 0.676. The van der Waals surface area contributed by atoms with Gasteiger partial charge in [0.25, 0.3) is 0 Å². The van der Waals surface area contributed by atoms with Crippen molar-refractivity contribution in [3.63, 3.8) is 0 Å². The minimum atomic E-state index is -0.104. The highest BCUT2D eigenvalue weighted by Crippen LogP contribution is 2.24. The Morgan fingerprint density at radius 2 is 2.00 bits per heavy atom. The molecule has 0 fully saturated rings. The molecule has 1 aromatic heterocycles. The van der Waals surface area contributed by atoms with Crippen LogP contribution in [0.1, 0.15) is 12.0 Å². The van der Waals surface area contributed by atoms with Crippen molar-refractivity contribution < 1.29 is 4.79 Å². The Morgan fingerprint density at radius 3 is 2.71 bits per heavy atom. The van der Waals surface area contributed by atoms with Crippen LogP contribution in [0.3, 0.4) is 0 Å². The lowest BCUT2D eigenvalue weighted by Crippen LogP contribution is -2.13. The van der Waals surface area contributed by atoms with Crippen LogP contribution >= 0.6 is 34.7 Å². The molecule has 0 bridgehead atoms. The Bertz CT molecular complexity index is 942. The zero-order chi connectivity index (χ0) is 17.1. The van der Waals surface area contributed by atoms with E-state index in [-0.39, 0.29) is 5.91 Å². The molecule has 0 N–H and O–H groups in total. The molecular formula is C18H17ClN2OS2. The third-order valence-electron chi connectivity index (χ3n) is 3.60. The van der Waals surface area contributed by atoms with Crippen LogP contribution in [0.15, 0.2) is 52.4 Å². The molecular weight excluding hydrogens is 360 g/mol. The van der Waals surface area contributed by atoms with Gasteiger partial charge in [-0.25, -0.2) is 0 Å². The molecule has 0 saturated carbocycles. The van der Waals surface area contributed by atoms with Gasteiger partial charge in [0.2, 0.25) is 5.91 Å². The van der Waals surface area contributed by atoms with Gasteiger partial charge in [-0.1, -0.05) is 46.7 Å². The first-order valence-corrected chi connectivity index (χ1v) is 9.73. The average Bonchev–Trinajstić information content (AvgIpc) is 2.87. The van der Waals surface area contributed by atoms with E-state index in [2.05, 4.69) is 36.2 Å². The molecule has 1 amide bonds. The Kier molecular flexibility index (Phi) is 5.43. The fourth-order valence-corrected chi connectivity index (χ4v) is 4.58. The number of hydrogen-bond acceptors (Lipinski definition) is 3. The topological polar surface area (TPSA) is 34.4 Å². The fraction of sp³-hybridized carbons (Fsp3) is 0.222. The smallest absolute Gasteiger partial charge is 0.249 e. The van der Waals surface area contributed by atoms with Crippen molar-refractivity contribution in [2.24, 2.45) is 12.0 Å². The molecule has 3 aromatic rings. The third kappa shape index (κ3) is 3.91. The molecule has 3 rings (SSSR count). The maximum absolute atomic E-state index is 12.2. The van der Waals surface area contributed by atoms with Crippen LogP contribution in [0.25, 0.3) is 10.2 Å². The van der Waals surface area contributed by atoms with E-state index < -0.39 is 0 Å². The lowest BCUT2D eigenvalue weighted by molar-refractivity contribution is -0.117. The van der Waals surface area contributed by atoms with Crippen LogP contribution in [-0.4, -0.2) is 16.2 Å². The molecule has 0 atom stereocenters. The molecule has 0 aliphatic rings. The third-order valence-corrected chi connectivity index (χ3v) is 6.02. The van der Waals surface area contributed by atoms with Gasteiger partial charge >= 0.3 is 0 Å². The molecule has 1 heterocycles. The van der Waals surface area contributed by atoms with Gasteiger partial charge in [-0.2, -0.15) is 4.99 Å². The van der Waals surface area contributed by atoms with Gasteiger partial charge in [0.1, 0.15) is 0 Å². The van der Waals surface area contributed by atoms with Crippen molar-refractivity contribution >= 4 is 50.8 Å². The number of thiazole rings is 1. The number of benzene rings is 2. The number of aryl methyl sites for hydroxylation is 2. The van der Waals surface area contributed by atoms with E-state index in [1.54, 1.807) is 11.8 Å². The van der Waals surface area contributed by atoms with Crippen molar-refractivity contribution in [2.45, 2.75) is 18.2 Å². The number of fused-ring (bicyclic) bond motifs is 1. The quantitative estimate of drug-likeness (QED) is 0.612. The van der Waals surface area contributed by atoms with Crippen molar-refractivity contribution in [1.82, 2.24) is 4.57 Å². The summed E-state index contributed by atoms with van der Waals surface area (Å²) in [5.74, 6) is 0.619. The lowest BCUT2D eigenvalue weighted by atomic mass is 10.2. The largest absolute Gasteiger partial charge is 0.318 e. The maximum atomic E-state index is 12.2. The van der Waals surface area contributed by atoms with E-state index in [4.69, 9.17) is 11.6 Å². The minimum absolute atomic E-state index is 0.104. The Labute approximate surface area is 154 Å². The van der Waals surface area contributed by atoms with Gasteiger partial charge in [0.15, 0.2) is 4.80 Å². The molecule has 24 heavy (non-hydrogen) atoms. The second-order valence-electron chi connectivity index (χ2n) is 5.45. The van der Waals surface area contributed by atoms with E-state index in [1.165, 1.54) is 21.8 Å². The number of para-hydroxylation sites is 1. The maximum Gasteiger partial charge on any atom is 0.249 e. The van der Waals surface area contributed by atoms with Gasteiger partial charge in [0, 0.05) is 24.1 Å². The van der Waals surface area contributed by atoms with Crippen LogP contribution in [-0.2, 0) is 11.8 Å². The Balaban J connectivity index is 1.70. The monoisotopic (exact) mass is 376 g/mol. The van der Waals surface area contributed by atoms with Gasteiger partial charge in [-0.15, -0.1) is 11.8 Å². The van der Waals surface area contributed by atoms with E-state index >= 15 is 0 Å². The highest BCUT2D eigenvalue weighted by molar-refractivity contribution is 7.99. The molecule has 0 aliphatic carbocycles. The SMILES string of the molecule is Cc1ccc(SCCC(=O)N=c2sc3cccc(Cl)c3n2C)cc1. The van der Waals surface area contributed by atoms with Crippen LogP contribution in [0.4, 0.5) is 0 Å². The first-order valence-electron chi connectivity index (χ1n) is 7.55. The first-order chi connectivity index (χ1) is 11.5. The normalized spacial score (nSPS) is 12.0. The number of hydrogen-bond donors (Lipinski definition) is 0. The number of halogens is 1. The summed E-state index contributed by atoms with van der Waals surface area (Å²) in [4.78, 5) is 18.3.